The summed E-state index contributed by atoms with van der Waals surface area (Å²) in [5, 5.41) is 16.0. The molecular formula is C30H21F5N7+. The van der Waals surface area contributed by atoms with Crippen LogP contribution in [0, 0.1) is 11.6 Å². The molecule has 0 aliphatic rings. The summed E-state index contributed by atoms with van der Waals surface area (Å²) < 4.78 is 73.4. The van der Waals surface area contributed by atoms with Crippen LogP contribution in [0.15, 0.2) is 116 Å². The minimum Gasteiger partial charge on any atom is -0.241 e. The molecule has 3 aromatic heterocycles. The molecule has 2 unspecified atom stereocenters. The Kier molecular flexibility index (Phi) is 7.03. The highest BCUT2D eigenvalue weighted by Crippen LogP contribution is 2.32. The van der Waals surface area contributed by atoms with Crippen LogP contribution in [0.5, 0.6) is 0 Å². The molecule has 0 radical (unpaired) electrons. The maximum atomic E-state index is 15.4. The van der Waals surface area contributed by atoms with E-state index >= 15 is 4.39 Å². The fourth-order valence-corrected chi connectivity index (χ4v) is 4.91. The molecule has 0 fully saturated rings. The van der Waals surface area contributed by atoms with E-state index in [1.807, 2.05) is 0 Å². The SMILES string of the molecule is Fc1ccc(C(c2ccc(F)c(-[n+]3cccc(C(c4ccc(C(F)(F)F)cc4)n4ccnn4)c3)c2)n2ccnn2)cc1. The molecule has 12 heteroatoms. The molecule has 0 saturated carbocycles. The third-order valence-electron chi connectivity index (χ3n) is 6.85. The van der Waals surface area contributed by atoms with Crippen LogP contribution in [-0.2, 0) is 6.18 Å². The molecule has 3 aromatic carbocycles. The van der Waals surface area contributed by atoms with Crippen molar-refractivity contribution in [2.45, 2.75) is 18.3 Å². The van der Waals surface area contributed by atoms with Crippen molar-refractivity contribution < 1.29 is 26.5 Å². The zero-order valence-electron chi connectivity index (χ0n) is 21.6. The van der Waals surface area contributed by atoms with Crippen molar-refractivity contribution in [1.82, 2.24) is 30.0 Å². The van der Waals surface area contributed by atoms with Crippen LogP contribution in [0.4, 0.5) is 22.0 Å². The van der Waals surface area contributed by atoms with E-state index < -0.39 is 35.5 Å². The lowest BCUT2D eigenvalue weighted by atomic mass is 9.97. The van der Waals surface area contributed by atoms with Crippen LogP contribution >= 0.6 is 0 Å². The highest BCUT2D eigenvalue weighted by atomic mass is 19.4. The van der Waals surface area contributed by atoms with Gasteiger partial charge in [0, 0.05) is 30.1 Å². The third kappa shape index (κ3) is 5.38. The molecule has 210 valence electrons. The second kappa shape index (κ2) is 11.0. The van der Waals surface area contributed by atoms with Crippen molar-refractivity contribution in [1.29, 1.82) is 0 Å². The van der Waals surface area contributed by atoms with Crippen LogP contribution in [-0.4, -0.2) is 30.0 Å². The molecule has 7 nitrogen and oxygen atoms in total. The first kappa shape index (κ1) is 26.9. The summed E-state index contributed by atoms with van der Waals surface area (Å²) in [5.41, 5.74) is 1.98. The molecule has 0 spiro atoms. The van der Waals surface area contributed by atoms with Gasteiger partial charge < -0.3 is 0 Å². The molecule has 6 rings (SSSR count). The lowest BCUT2D eigenvalue weighted by molar-refractivity contribution is -0.598. The Labute approximate surface area is 236 Å². The van der Waals surface area contributed by atoms with E-state index in [-0.39, 0.29) is 5.69 Å². The van der Waals surface area contributed by atoms with Crippen LogP contribution in [0.3, 0.4) is 0 Å². The molecular weight excluding hydrogens is 553 g/mol. The zero-order valence-corrected chi connectivity index (χ0v) is 21.6. The minimum absolute atomic E-state index is 0.214. The highest BCUT2D eigenvalue weighted by Gasteiger charge is 2.31. The first-order chi connectivity index (χ1) is 20.3. The second-order valence-corrected chi connectivity index (χ2v) is 9.50. The van der Waals surface area contributed by atoms with E-state index in [1.165, 1.54) is 47.4 Å². The molecule has 0 amide bonds. The first-order valence-electron chi connectivity index (χ1n) is 12.7. The Morgan fingerprint density at radius 3 is 1.81 bits per heavy atom. The largest absolute Gasteiger partial charge is 0.416 e. The van der Waals surface area contributed by atoms with Gasteiger partial charge in [0.15, 0.2) is 18.2 Å². The molecule has 0 aliphatic carbocycles. The van der Waals surface area contributed by atoms with Gasteiger partial charge in [-0.15, -0.1) is 10.2 Å². The van der Waals surface area contributed by atoms with E-state index in [4.69, 9.17) is 0 Å². The van der Waals surface area contributed by atoms with Gasteiger partial charge in [-0.25, -0.2) is 13.8 Å². The lowest BCUT2D eigenvalue weighted by Gasteiger charge is -2.19. The summed E-state index contributed by atoms with van der Waals surface area (Å²) in [6, 6.07) is 17.7. The number of halogens is 5. The molecule has 0 aliphatic heterocycles. The molecule has 0 saturated heterocycles. The Bertz CT molecular complexity index is 1780. The number of pyridine rings is 1. The van der Waals surface area contributed by atoms with Gasteiger partial charge in [0.25, 0.3) is 0 Å². The van der Waals surface area contributed by atoms with E-state index in [1.54, 1.807) is 70.4 Å². The fraction of sp³-hybridized carbons (Fsp3) is 0.100. The average Bonchev–Trinajstić information content (AvgIpc) is 3.71. The summed E-state index contributed by atoms with van der Waals surface area (Å²) in [4.78, 5) is 0. The quantitative estimate of drug-likeness (QED) is 0.181. The van der Waals surface area contributed by atoms with E-state index in [0.29, 0.717) is 22.3 Å². The van der Waals surface area contributed by atoms with Crippen LogP contribution in [0.25, 0.3) is 5.69 Å². The number of nitrogens with zero attached hydrogens (tertiary/aromatic N) is 7. The van der Waals surface area contributed by atoms with E-state index in [0.717, 1.165) is 12.1 Å². The molecule has 0 N–H and O–H groups in total. The standard InChI is InChI=1S/C30H21F5N7/c31-25-10-5-21(6-11-25)28(41-16-13-36-38-41)22-7-12-26(32)27(18-22)40-15-1-2-23(19-40)29(42-17-14-37-39-42)20-3-8-24(9-4-20)30(33,34)35/h1-19,28-29H/q+1. The van der Waals surface area contributed by atoms with Crippen molar-refractivity contribution in [2.24, 2.45) is 0 Å². The van der Waals surface area contributed by atoms with Gasteiger partial charge >= 0.3 is 6.18 Å². The third-order valence-corrected chi connectivity index (χ3v) is 6.85. The second-order valence-electron chi connectivity index (χ2n) is 9.50. The zero-order chi connectivity index (χ0) is 29.3. The predicted molar refractivity (Wildman–Crippen MR) is 140 cm³/mol. The van der Waals surface area contributed by atoms with Gasteiger partial charge in [-0.2, -0.15) is 22.1 Å². The van der Waals surface area contributed by atoms with Crippen molar-refractivity contribution in [3.05, 3.63) is 155 Å². The van der Waals surface area contributed by atoms with Crippen molar-refractivity contribution in [3.8, 4) is 5.69 Å². The molecule has 42 heavy (non-hydrogen) atoms. The minimum atomic E-state index is -4.47. The Morgan fingerprint density at radius 2 is 1.24 bits per heavy atom. The summed E-state index contributed by atoms with van der Waals surface area (Å²) in [5.74, 6) is -0.901. The topological polar surface area (TPSA) is 65.3 Å². The van der Waals surface area contributed by atoms with Gasteiger partial charge in [0.1, 0.15) is 17.9 Å². The number of hydrogen-bond donors (Lipinski definition) is 0. The number of aromatic nitrogens is 7. The Hall–Kier alpha value is -5.26. The summed E-state index contributed by atoms with van der Waals surface area (Å²) in [6.07, 6.45) is 5.14. The average molecular weight is 575 g/mol. The number of hydrogen-bond acceptors (Lipinski definition) is 4. The number of alkyl halides is 3. The van der Waals surface area contributed by atoms with Crippen molar-refractivity contribution >= 4 is 0 Å². The lowest BCUT2D eigenvalue weighted by Crippen LogP contribution is -2.33. The predicted octanol–water partition coefficient (Wildman–Crippen LogP) is 5.72. The van der Waals surface area contributed by atoms with Crippen LogP contribution in [0.2, 0.25) is 0 Å². The van der Waals surface area contributed by atoms with Gasteiger partial charge in [0.05, 0.1) is 18.0 Å². The van der Waals surface area contributed by atoms with E-state index in [9.17, 15) is 17.6 Å². The molecule has 0 bridgehead atoms. The van der Waals surface area contributed by atoms with Gasteiger partial charge in [-0.1, -0.05) is 40.8 Å². The van der Waals surface area contributed by atoms with Gasteiger partial charge in [-0.05, 0) is 53.1 Å². The smallest absolute Gasteiger partial charge is 0.241 e. The van der Waals surface area contributed by atoms with E-state index in [2.05, 4.69) is 20.6 Å². The van der Waals surface area contributed by atoms with Gasteiger partial charge in [-0.3, -0.25) is 0 Å². The number of benzene rings is 3. The summed E-state index contributed by atoms with van der Waals surface area (Å²) in [6.45, 7) is 0. The first-order valence-corrected chi connectivity index (χ1v) is 12.7. The normalized spacial score (nSPS) is 13.2. The monoisotopic (exact) mass is 574 g/mol. The summed E-state index contributed by atoms with van der Waals surface area (Å²) >= 11 is 0. The Morgan fingerprint density at radius 1 is 0.667 bits per heavy atom. The number of rotatable bonds is 7. The molecule has 2 atom stereocenters. The molecule has 6 aromatic rings. The van der Waals surface area contributed by atoms with Crippen molar-refractivity contribution in [2.75, 3.05) is 0 Å². The van der Waals surface area contributed by atoms with Crippen molar-refractivity contribution in [3.63, 3.8) is 0 Å². The van der Waals surface area contributed by atoms with Gasteiger partial charge in [0.2, 0.25) is 5.69 Å². The fourth-order valence-electron chi connectivity index (χ4n) is 4.91. The highest BCUT2D eigenvalue weighted by molar-refractivity contribution is 5.39. The Balaban J connectivity index is 1.43. The maximum Gasteiger partial charge on any atom is 0.416 e. The van der Waals surface area contributed by atoms with Crippen LogP contribution < -0.4 is 4.57 Å². The molecule has 3 heterocycles. The van der Waals surface area contributed by atoms with Crippen LogP contribution in [0.1, 0.15) is 39.9 Å². The maximum absolute atomic E-state index is 15.4. The summed E-state index contributed by atoms with van der Waals surface area (Å²) in [7, 11) is 0.